The Labute approximate surface area is 79.6 Å². The molecule has 3 nitrogen and oxygen atoms in total. The van der Waals surface area contributed by atoms with Gasteiger partial charge in [0.25, 0.3) is 0 Å². The summed E-state index contributed by atoms with van der Waals surface area (Å²) in [7, 11) is 1.59. The first kappa shape index (κ1) is 11.9. The summed E-state index contributed by atoms with van der Waals surface area (Å²) in [4.78, 5) is 1.70. The van der Waals surface area contributed by atoms with Gasteiger partial charge in [0.05, 0.1) is 0 Å². The molecule has 0 unspecified atom stereocenters. The molecule has 0 heterocycles. The lowest BCUT2D eigenvalue weighted by Crippen LogP contribution is -2.24. The molecular weight excluding hydrogens is 166 g/mol. The Hall–Kier alpha value is -1.06. The summed E-state index contributed by atoms with van der Waals surface area (Å²) in [5.74, 6) is 0. The van der Waals surface area contributed by atoms with Crippen molar-refractivity contribution in [3.05, 3.63) is 36.6 Å². The Morgan fingerprint density at radius 3 is 2.69 bits per heavy atom. The van der Waals surface area contributed by atoms with Gasteiger partial charge in [0, 0.05) is 12.8 Å². The molecule has 0 fully saturated rings. The summed E-state index contributed by atoms with van der Waals surface area (Å²) < 4.78 is 4.90. The van der Waals surface area contributed by atoms with Gasteiger partial charge in [0.15, 0.2) is 0 Å². The number of hydrogen-bond donors (Lipinski definition) is 1. The van der Waals surface area contributed by atoms with Crippen LogP contribution in [0.15, 0.2) is 36.6 Å². The summed E-state index contributed by atoms with van der Waals surface area (Å²) >= 11 is 0. The Kier molecular flexibility index (Phi) is 6.96. The smallest absolute Gasteiger partial charge is 0.120 e. The molecule has 0 aliphatic rings. The minimum Gasteiger partial charge on any atom is -0.376 e. The van der Waals surface area contributed by atoms with Crippen molar-refractivity contribution in [2.75, 3.05) is 20.6 Å². The minimum absolute atomic E-state index is 0.0435. The molecule has 0 bridgehead atoms. The molecule has 0 atom stereocenters. The number of nitrogens with zero attached hydrogens (tertiary/aromatic N) is 1. The average molecular weight is 183 g/mol. The topological polar surface area (TPSA) is 32.7 Å². The number of aliphatic hydroxyl groups is 1. The summed E-state index contributed by atoms with van der Waals surface area (Å²) in [5, 5.41) is 8.94. The van der Waals surface area contributed by atoms with E-state index in [-0.39, 0.29) is 6.73 Å². The van der Waals surface area contributed by atoms with Crippen LogP contribution in [0.25, 0.3) is 0 Å². The molecule has 0 spiro atoms. The van der Waals surface area contributed by atoms with Crippen molar-refractivity contribution in [3.63, 3.8) is 0 Å². The minimum atomic E-state index is -0.0435. The van der Waals surface area contributed by atoms with Gasteiger partial charge in [-0.2, -0.15) is 0 Å². The fourth-order valence-electron chi connectivity index (χ4n) is 0.789. The number of ether oxygens (including phenoxy) is 1. The van der Waals surface area contributed by atoms with Crippen molar-refractivity contribution in [2.24, 2.45) is 0 Å². The van der Waals surface area contributed by atoms with Crippen LogP contribution >= 0.6 is 0 Å². The average Bonchev–Trinajstić information content (AvgIpc) is 2.14. The lowest BCUT2D eigenvalue weighted by molar-refractivity contribution is 0.0299. The molecule has 3 heteroatoms. The third kappa shape index (κ3) is 5.22. The van der Waals surface area contributed by atoms with E-state index in [1.165, 1.54) is 0 Å². The second-order valence-corrected chi connectivity index (χ2v) is 2.53. The third-order valence-electron chi connectivity index (χ3n) is 1.54. The molecule has 0 aliphatic heterocycles. The second kappa shape index (κ2) is 7.58. The normalized spacial score (nSPS) is 12.1. The van der Waals surface area contributed by atoms with Crippen molar-refractivity contribution in [1.82, 2.24) is 4.90 Å². The maximum atomic E-state index is 8.94. The van der Waals surface area contributed by atoms with Crippen LogP contribution in [0.3, 0.4) is 0 Å². The monoisotopic (exact) mass is 183 g/mol. The van der Waals surface area contributed by atoms with Crippen LogP contribution in [-0.2, 0) is 4.74 Å². The summed E-state index contributed by atoms with van der Waals surface area (Å²) in [5.41, 5.74) is 0.947. The van der Waals surface area contributed by atoms with Gasteiger partial charge in [-0.3, -0.25) is 0 Å². The SMILES string of the molecule is C=C/C=C\C=C(/C)N(CO)COC. The first-order valence-electron chi connectivity index (χ1n) is 4.07. The molecule has 0 rings (SSSR count). The van der Waals surface area contributed by atoms with Crippen molar-refractivity contribution in [3.8, 4) is 0 Å². The van der Waals surface area contributed by atoms with E-state index in [1.54, 1.807) is 18.1 Å². The predicted molar refractivity (Wildman–Crippen MR) is 53.9 cm³/mol. The molecule has 0 aromatic heterocycles. The number of rotatable bonds is 6. The third-order valence-corrected chi connectivity index (χ3v) is 1.54. The van der Waals surface area contributed by atoms with Crippen LogP contribution in [0, 0.1) is 0 Å². The maximum Gasteiger partial charge on any atom is 0.120 e. The second-order valence-electron chi connectivity index (χ2n) is 2.53. The highest BCUT2D eigenvalue weighted by atomic mass is 16.5. The van der Waals surface area contributed by atoms with E-state index in [4.69, 9.17) is 9.84 Å². The number of hydrogen-bond acceptors (Lipinski definition) is 3. The Balaban J connectivity index is 4.16. The molecule has 0 aliphatic carbocycles. The van der Waals surface area contributed by atoms with E-state index in [0.29, 0.717) is 6.73 Å². The van der Waals surface area contributed by atoms with Crippen LogP contribution in [-0.4, -0.2) is 30.6 Å². The van der Waals surface area contributed by atoms with E-state index in [9.17, 15) is 0 Å². The lowest BCUT2D eigenvalue weighted by atomic mass is 10.3. The van der Waals surface area contributed by atoms with Crippen LogP contribution in [0.4, 0.5) is 0 Å². The highest BCUT2D eigenvalue weighted by molar-refractivity contribution is 5.13. The molecule has 0 saturated heterocycles. The summed E-state index contributed by atoms with van der Waals surface area (Å²) in [6, 6.07) is 0. The maximum absolute atomic E-state index is 8.94. The molecule has 0 radical (unpaired) electrons. The van der Waals surface area contributed by atoms with Crippen molar-refractivity contribution >= 4 is 0 Å². The highest BCUT2D eigenvalue weighted by Gasteiger charge is 2.00. The van der Waals surface area contributed by atoms with Crippen molar-refractivity contribution in [1.29, 1.82) is 0 Å². The van der Waals surface area contributed by atoms with Gasteiger partial charge in [-0.05, 0) is 13.0 Å². The van der Waals surface area contributed by atoms with Gasteiger partial charge < -0.3 is 14.7 Å². The van der Waals surface area contributed by atoms with Crippen molar-refractivity contribution < 1.29 is 9.84 Å². The molecule has 0 saturated carbocycles. The number of methoxy groups -OCH3 is 1. The van der Waals surface area contributed by atoms with E-state index in [1.807, 2.05) is 25.2 Å². The van der Waals surface area contributed by atoms with Gasteiger partial charge in [0.1, 0.15) is 13.5 Å². The quantitative estimate of drug-likeness (QED) is 0.500. The number of aliphatic hydroxyl groups excluding tert-OH is 1. The fraction of sp³-hybridized carbons (Fsp3) is 0.400. The number of allylic oxidation sites excluding steroid dienone is 5. The zero-order valence-electron chi connectivity index (χ0n) is 8.23. The largest absolute Gasteiger partial charge is 0.376 e. The Morgan fingerprint density at radius 2 is 2.23 bits per heavy atom. The van der Waals surface area contributed by atoms with Gasteiger partial charge in [0.2, 0.25) is 0 Å². The van der Waals surface area contributed by atoms with Crippen molar-refractivity contribution in [2.45, 2.75) is 6.92 Å². The molecular formula is C10H17NO2. The molecule has 0 amide bonds. The lowest BCUT2D eigenvalue weighted by Gasteiger charge is -2.20. The van der Waals surface area contributed by atoms with E-state index in [0.717, 1.165) is 5.70 Å². The Bertz CT molecular complexity index is 197. The standard InChI is InChI=1S/C10H17NO2/c1-4-5-6-7-10(2)11(8-12)9-13-3/h4-7,12H,1,8-9H2,2-3H3/b6-5-,10-7+. The van der Waals surface area contributed by atoms with Gasteiger partial charge in [-0.25, -0.2) is 0 Å². The molecule has 1 N–H and O–H groups in total. The zero-order chi connectivity index (χ0) is 10.1. The molecule has 74 valence electrons. The zero-order valence-corrected chi connectivity index (χ0v) is 8.23. The highest BCUT2D eigenvalue weighted by Crippen LogP contribution is 2.01. The van der Waals surface area contributed by atoms with Crippen LogP contribution < -0.4 is 0 Å². The first-order valence-corrected chi connectivity index (χ1v) is 4.07. The fourth-order valence-corrected chi connectivity index (χ4v) is 0.789. The molecule has 13 heavy (non-hydrogen) atoms. The van der Waals surface area contributed by atoms with Crippen LogP contribution in [0.2, 0.25) is 0 Å². The molecule has 0 aromatic rings. The van der Waals surface area contributed by atoms with Gasteiger partial charge >= 0.3 is 0 Å². The predicted octanol–water partition coefficient (Wildman–Crippen LogP) is 1.49. The Morgan fingerprint density at radius 1 is 1.54 bits per heavy atom. The molecule has 0 aromatic carbocycles. The summed E-state index contributed by atoms with van der Waals surface area (Å²) in [6.45, 7) is 5.81. The van der Waals surface area contributed by atoms with Crippen LogP contribution in [0.5, 0.6) is 0 Å². The van der Waals surface area contributed by atoms with E-state index in [2.05, 4.69) is 6.58 Å². The van der Waals surface area contributed by atoms with Gasteiger partial charge in [-0.15, -0.1) is 0 Å². The van der Waals surface area contributed by atoms with E-state index < -0.39 is 0 Å². The van der Waals surface area contributed by atoms with E-state index >= 15 is 0 Å². The van der Waals surface area contributed by atoms with Crippen LogP contribution in [0.1, 0.15) is 6.92 Å². The van der Waals surface area contributed by atoms with Gasteiger partial charge in [-0.1, -0.05) is 24.8 Å². The summed E-state index contributed by atoms with van der Waals surface area (Å²) in [6.07, 6.45) is 7.27. The first-order chi connectivity index (χ1) is 6.26.